The summed E-state index contributed by atoms with van der Waals surface area (Å²) in [5.41, 5.74) is 0.594. The lowest BCUT2D eigenvalue weighted by Gasteiger charge is -2.31. The third kappa shape index (κ3) is 2.37. The Morgan fingerprint density at radius 1 is 1.12 bits per heavy atom. The molecule has 7 nitrogen and oxygen atoms in total. The van der Waals surface area contributed by atoms with Gasteiger partial charge in [0.05, 0.1) is 5.56 Å². The van der Waals surface area contributed by atoms with Crippen LogP contribution >= 0.6 is 0 Å². The van der Waals surface area contributed by atoms with Gasteiger partial charge in [-0.15, -0.1) is 10.2 Å². The average Bonchev–Trinajstić information content (AvgIpc) is 3.37. The maximum absolute atomic E-state index is 12.9. The van der Waals surface area contributed by atoms with Gasteiger partial charge >= 0.3 is 0 Å². The number of carbonyl (C=O) groups is 1. The van der Waals surface area contributed by atoms with Gasteiger partial charge in [0, 0.05) is 32.0 Å². The number of nitrogens with zero attached hydrogens (tertiary/aromatic N) is 4. The van der Waals surface area contributed by atoms with E-state index in [0.717, 1.165) is 57.0 Å². The predicted molar refractivity (Wildman–Crippen MR) is 88.8 cm³/mol. The van der Waals surface area contributed by atoms with Crippen LogP contribution in [0.4, 0.5) is 0 Å². The fraction of sp³-hybridized carbons (Fsp3) is 0.500. The molecule has 1 aromatic heterocycles. The lowest BCUT2D eigenvalue weighted by Crippen LogP contribution is -2.38. The average molecular weight is 340 g/mol. The highest BCUT2D eigenvalue weighted by Gasteiger charge is 2.31. The van der Waals surface area contributed by atoms with Crippen molar-refractivity contribution in [3.05, 3.63) is 35.4 Å². The maximum Gasteiger partial charge on any atom is 0.257 e. The van der Waals surface area contributed by atoms with Gasteiger partial charge in [0.25, 0.3) is 5.91 Å². The number of ether oxygens (including phenoxy) is 2. The number of piperidine rings is 1. The second-order valence-electron chi connectivity index (χ2n) is 6.84. The molecule has 25 heavy (non-hydrogen) atoms. The molecule has 0 aliphatic carbocycles. The van der Waals surface area contributed by atoms with E-state index in [2.05, 4.69) is 14.8 Å². The minimum absolute atomic E-state index is 0.0206. The number of rotatable bonds is 2. The van der Waals surface area contributed by atoms with Gasteiger partial charge in [0.2, 0.25) is 6.79 Å². The van der Waals surface area contributed by atoms with Crippen LogP contribution in [0.1, 0.15) is 47.2 Å². The van der Waals surface area contributed by atoms with Gasteiger partial charge in [-0.05, 0) is 31.4 Å². The van der Waals surface area contributed by atoms with Gasteiger partial charge < -0.3 is 18.9 Å². The standard InChI is InChI=1S/C18H20N4O3/c23-18(13-3-1-4-14-16(13)25-11-24-14)21-9-6-12(7-10-21)17-20-19-15-5-2-8-22(15)17/h1,3-4,12H,2,5-11H2. The molecule has 3 aliphatic heterocycles. The van der Waals surface area contributed by atoms with E-state index in [9.17, 15) is 4.79 Å². The molecule has 0 N–H and O–H groups in total. The molecule has 0 atom stereocenters. The van der Waals surface area contributed by atoms with Gasteiger partial charge in [0.1, 0.15) is 11.6 Å². The Kier molecular flexibility index (Phi) is 3.39. The second-order valence-corrected chi connectivity index (χ2v) is 6.84. The van der Waals surface area contributed by atoms with Crippen molar-refractivity contribution in [3.63, 3.8) is 0 Å². The highest BCUT2D eigenvalue weighted by Crippen LogP contribution is 2.37. The topological polar surface area (TPSA) is 69.5 Å². The van der Waals surface area contributed by atoms with Gasteiger partial charge in [-0.2, -0.15) is 0 Å². The van der Waals surface area contributed by atoms with Crippen molar-refractivity contribution in [2.75, 3.05) is 19.9 Å². The zero-order chi connectivity index (χ0) is 16.8. The Morgan fingerprint density at radius 2 is 2.00 bits per heavy atom. The van der Waals surface area contributed by atoms with E-state index in [1.807, 2.05) is 23.1 Å². The molecule has 0 unspecified atom stereocenters. The number of carbonyl (C=O) groups excluding carboxylic acids is 1. The van der Waals surface area contributed by atoms with Gasteiger partial charge in [-0.3, -0.25) is 4.79 Å². The Hall–Kier alpha value is -2.57. The van der Waals surface area contributed by atoms with Crippen molar-refractivity contribution in [3.8, 4) is 11.5 Å². The summed E-state index contributed by atoms with van der Waals surface area (Å²) in [4.78, 5) is 14.8. The number of fused-ring (bicyclic) bond motifs is 2. The molecule has 1 saturated heterocycles. The third-order valence-electron chi connectivity index (χ3n) is 5.41. The third-order valence-corrected chi connectivity index (χ3v) is 5.41. The van der Waals surface area contributed by atoms with Gasteiger partial charge in [0.15, 0.2) is 11.5 Å². The van der Waals surface area contributed by atoms with Crippen molar-refractivity contribution in [1.29, 1.82) is 0 Å². The van der Waals surface area contributed by atoms with Crippen molar-refractivity contribution >= 4 is 5.91 Å². The summed E-state index contributed by atoms with van der Waals surface area (Å²) < 4.78 is 13.1. The van der Waals surface area contributed by atoms with E-state index in [4.69, 9.17) is 9.47 Å². The molecule has 2 aromatic rings. The molecule has 0 radical (unpaired) electrons. The number of benzene rings is 1. The van der Waals surface area contributed by atoms with Crippen LogP contribution in [0.5, 0.6) is 11.5 Å². The molecule has 1 aromatic carbocycles. The van der Waals surface area contributed by atoms with E-state index >= 15 is 0 Å². The molecular weight excluding hydrogens is 320 g/mol. The summed E-state index contributed by atoms with van der Waals surface area (Å²) >= 11 is 0. The van der Waals surface area contributed by atoms with E-state index in [0.29, 0.717) is 23.0 Å². The SMILES string of the molecule is O=C(c1cccc2c1OCO2)N1CCC(c2nnc3n2CCC3)CC1. The van der Waals surface area contributed by atoms with Crippen LogP contribution in [0, 0.1) is 0 Å². The van der Waals surface area contributed by atoms with Crippen molar-refractivity contribution in [2.24, 2.45) is 0 Å². The van der Waals surface area contributed by atoms with Crippen LogP contribution in [0.3, 0.4) is 0 Å². The highest BCUT2D eigenvalue weighted by atomic mass is 16.7. The van der Waals surface area contributed by atoms with E-state index in [1.165, 1.54) is 0 Å². The number of aromatic nitrogens is 3. The first kappa shape index (κ1) is 14.7. The first-order chi connectivity index (χ1) is 12.3. The maximum atomic E-state index is 12.9. The fourth-order valence-corrected chi connectivity index (χ4v) is 4.08. The van der Waals surface area contributed by atoms with Crippen molar-refractivity contribution < 1.29 is 14.3 Å². The van der Waals surface area contributed by atoms with Crippen LogP contribution in [0.2, 0.25) is 0 Å². The normalized spacial score (nSPS) is 19.3. The molecular formula is C18H20N4O3. The van der Waals surface area contributed by atoms with E-state index in [-0.39, 0.29) is 12.7 Å². The largest absolute Gasteiger partial charge is 0.454 e. The quantitative estimate of drug-likeness (QED) is 0.836. The zero-order valence-electron chi connectivity index (χ0n) is 14.0. The van der Waals surface area contributed by atoms with Crippen LogP contribution in [-0.2, 0) is 13.0 Å². The molecule has 4 heterocycles. The Bertz CT molecular complexity index is 824. The number of amides is 1. The van der Waals surface area contributed by atoms with Crippen molar-refractivity contribution in [2.45, 2.75) is 38.1 Å². The summed E-state index contributed by atoms with van der Waals surface area (Å²) in [6.45, 7) is 2.68. The van der Waals surface area contributed by atoms with E-state index in [1.54, 1.807) is 0 Å². The summed E-state index contributed by atoms with van der Waals surface area (Å²) in [5.74, 6) is 3.86. The summed E-state index contributed by atoms with van der Waals surface area (Å²) in [5, 5.41) is 8.72. The zero-order valence-corrected chi connectivity index (χ0v) is 14.0. The lowest BCUT2D eigenvalue weighted by molar-refractivity contribution is 0.0705. The minimum atomic E-state index is 0.0206. The van der Waals surface area contributed by atoms with Crippen LogP contribution in [0.25, 0.3) is 0 Å². The second kappa shape index (κ2) is 5.75. The molecule has 1 fully saturated rings. The molecule has 130 valence electrons. The molecule has 0 bridgehead atoms. The summed E-state index contributed by atoms with van der Waals surface area (Å²) in [6.07, 6.45) is 4.05. The molecule has 3 aliphatic rings. The number of likely N-dealkylation sites (tertiary alicyclic amines) is 1. The monoisotopic (exact) mass is 340 g/mol. The minimum Gasteiger partial charge on any atom is -0.454 e. The predicted octanol–water partition coefficient (Wildman–Crippen LogP) is 1.97. The first-order valence-electron chi connectivity index (χ1n) is 8.91. The Balaban J connectivity index is 1.30. The first-order valence-corrected chi connectivity index (χ1v) is 8.91. The Morgan fingerprint density at radius 3 is 2.88 bits per heavy atom. The van der Waals surface area contributed by atoms with Crippen LogP contribution in [0.15, 0.2) is 18.2 Å². The smallest absolute Gasteiger partial charge is 0.257 e. The fourth-order valence-electron chi connectivity index (χ4n) is 4.08. The molecule has 1 amide bonds. The van der Waals surface area contributed by atoms with Crippen molar-refractivity contribution in [1.82, 2.24) is 19.7 Å². The number of hydrogen-bond acceptors (Lipinski definition) is 5. The molecule has 0 saturated carbocycles. The number of aryl methyl sites for hydroxylation is 1. The number of para-hydroxylation sites is 1. The number of hydrogen-bond donors (Lipinski definition) is 0. The van der Waals surface area contributed by atoms with Gasteiger partial charge in [-0.1, -0.05) is 6.07 Å². The highest BCUT2D eigenvalue weighted by molar-refractivity contribution is 5.98. The summed E-state index contributed by atoms with van der Waals surface area (Å²) in [6, 6.07) is 5.48. The molecule has 0 spiro atoms. The van der Waals surface area contributed by atoms with E-state index < -0.39 is 0 Å². The van der Waals surface area contributed by atoms with Crippen LogP contribution in [-0.4, -0.2) is 45.5 Å². The molecule has 5 rings (SSSR count). The lowest BCUT2D eigenvalue weighted by atomic mass is 9.95. The summed E-state index contributed by atoms with van der Waals surface area (Å²) in [7, 11) is 0. The molecule has 7 heteroatoms. The Labute approximate surface area is 145 Å². The van der Waals surface area contributed by atoms with Crippen LogP contribution < -0.4 is 9.47 Å². The van der Waals surface area contributed by atoms with Gasteiger partial charge in [-0.25, -0.2) is 0 Å².